The van der Waals surface area contributed by atoms with Gasteiger partial charge in [0, 0.05) is 6.54 Å². The van der Waals surface area contributed by atoms with Gasteiger partial charge in [-0.15, -0.1) is 0 Å². The highest BCUT2D eigenvalue weighted by atomic mass is 35.5. The van der Waals surface area contributed by atoms with E-state index in [1.807, 2.05) is 6.07 Å². The summed E-state index contributed by atoms with van der Waals surface area (Å²) in [6.45, 7) is 5.60. The fourth-order valence-electron chi connectivity index (χ4n) is 2.06. The van der Waals surface area contributed by atoms with Gasteiger partial charge in [0.15, 0.2) is 0 Å². The highest BCUT2D eigenvalue weighted by Crippen LogP contribution is 2.28. The Bertz CT molecular complexity index is 776. The first-order chi connectivity index (χ1) is 11.7. The lowest BCUT2D eigenvalue weighted by Gasteiger charge is -2.21. The average molecular weight is 385 g/mol. The van der Waals surface area contributed by atoms with Gasteiger partial charge < -0.3 is 10.1 Å². The zero-order valence-electron chi connectivity index (χ0n) is 14.1. The van der Waals surface area contributed by atoms with Crippen molar-refractivity contribution >= 4 is 40.7 Å². The third kappa shape index (κ3) is 5.80. The van der Waals surface area contributed by atoms with E-state index in [0.717, 1.165) is 5.56 Å². The minimum atomic E-state index is -0.633. The molecule has 0 heterocycles. The van der Waals surface area contributed by atoms with Crippen LogP contribution in [0.5, 0.6) is 0 Å². The topological polar surface area (TPSA) is 50.4 Å². The van der Waals surface area contributed by atoms with Crippen molar-refractivity contribution in [3.63, 3.8) is 0 Å². The molecule has 0 atom stereocenters. The number of carbonyl (C=O) groups excluding carboxylic acids is 1. The summed E-state index contributed by atoms with van der Waals surface area (Å²) in [5, 5.41) is 6.52. The van der Waals surface area contributed by atoms with Crippen LogP contribution in [0.4, 0.5) is 20.6 Å². The van der Waals surface area contributed by atoms with Gasteiger partial charge in [0.05, 0.1) is 21.4 Å². The van der Waals surface area contributed by atoms with E-state index in [1.165, 1.54) is 18.2 Å². The largest absolute Gasteiger partial charge is 0.444 e. The van der Waals surface area contributed by atoms with Crippen LogP contribution in [0.25, 0.3) is 0 Å². The SMILES string of the molecule is CC(C)(C)OC(=O)Nc1ccc(F)cc1NCc1cccc(Cl)c1Cl. The Morgan fingerprint density at radius 1 is 1.16 bits per heavy atom. The maximum Gasteiger partial charge on any atom is 0.412 e. The zero-order chi connectivity index (χ0) is 18.6. The van der Waals surface area contributed by atoms with E-state index in [4.69, 9.17) is 27.9 Å². The van der Waals surface area contributed by atoms with Crippen molar-refractivity contribution in [1.82, 2.24) is 0 Å². The minimum Gasteiger partial charge on any atom is -0.444 e. The third-order valence-corrected chi connectivity index (χ3v) is 3.98. The number of hydrogen-bond acceptors (Lipinski definition) is 3. The van der Waals surface area contributed by atoms with Gasteiger partial charge in [0.2, 0.25) is 0 Å². The molecule has 2 aromatic carbocycles. The molecular weight excluding hydrogens is 366 g/mol. The van der Waals surface area contributed by atoms with Crippen molar-refractivity contribution in [1.29, 1.82) is 0 Å². The van der Waals surface area contributed by atoms with Crippen LogP contribution in [0.15, 0.2) is 36.4 Å². The summed E-state index contributed by atoms with van der Waals surface area (Å²) < 4.78 is 18.8. The van der Waals surface area contributed by atoms with Crippen molar-refractivity contribution in [3.8, 4) is 0 Å². The molecule has 0 unspecified atom stereocenters. The first kappa shape index (κ1) is 19.3. The molecule has 0 saturated heterocycles. The molecule has 2 rings (SSSR count). The fourth-order valence-corrected chi connectivity index (χ4v) is 2.45. The monoisotopic (exact) mass is 384 g/mol. The van der Waals surface area contributed by atoms with Gasteiger partial charge in [-0.1, -0.05) is 35.3 Å². The van der Waals surface area contributed by atoms with Crippen LogP contribution < -0.4 is 10.6 Å². The van der Waals surface area contributed by atoms with E-state index in [0.29, 0.717) is 28.0 Å². The van der Waals surface area contributed by atoms with Crippen molar-refractivity contribution in [3.05, 3.63) is 57.8 Å². The van der Waals surface area contributed by atoms with E-state index in [2.05, 4.69) is 10.6 Å². The summed E-state index contributed by atoms with van der Waals surface area (Å²) in [7, 11) is 0. The van der Waals surface area contributed by atoms with Crippen molar-refractivity contribution < 1.29 is 13.9 Å². The molecule has 2 aromatic rings. The fraction of sp³-hybridized carbons (Fsp3) is 0.278. The zero-order valence-corrected chi connectivity index (χ0v) is 15.6. The predicted octanol–water partition coefficient (Wildman–Crippen LogP) is 6.09. The quantitative estimate of drug-likeness (QED) is 0.670. The molecule has 25 heavy (non-hydrogen) atoms. The summed E-state index contributed by atoms with van der Waals surface area (Å²) in [6, 6.07) is 9.26. The van der Waals surface area contributed by atoms with Crippen LogP contribution >= 0.6 is 23.2 Å². The van der Waals surface area contributed by atoms with Gasteiger partial charge in [-0.3, -0.25) is 5.32 Å². The Morgan fingerprint density at radius 3 is 2.56 bits per heavy atom. The van der Waals surface area contributed by atoms with Crippen molar-refractivity contribution in [2.24, 2.45) is 0 Å². The molecule has 0 aliphatic heterocycles. The average Bonchev–Trinajstić information content (AvgIpc) is 2.49. The van der Waals surface area contributed by atoms with Gasteiger partial charge >= 0.3 is 6.09 Å². The normalized spacial score (nSPS) is 11.1. The summed E-state index contributed by atoms with van der Waals surface area (Å²) >= 11 is 12.1. The standard InChI is InChI=1S/C18H19Cl2FN2O2/c1-18(2,3)25-17(24)23-14-8-7-12(21)9-15(14)22-10-11-5-4-6-13(19)16(11)20/h4-9,22H,10H2,1-3H3,(H,23,24). The highest BCUT2D eigenvalue weighted by molar-refractivity contribution is 6.42. The van der Waals surface area contributed by atoms with Gasteiger partial charge in [0.1, 0.15) is 11.4 Å². The van der Waals surface area contributed by atoms with Gasteiger partial charge in [-0.05, 0) is 50.6 Å². The van der Waals surface area contributed by atoms with Gasteiger partial charge in [-0.25, -0.2) is 9.18 Å². The maximum atomic E-state index is 13.6. The molecule has 0 saturated carbocycles. The molecule has 0 aromatic heterocycles. The first-order valence-corrected chi connectivity index (χ1v) is 8.37. The van der Waals surface area contributed by atoms with E-state index in [9.17, 15) is 9.18 Å². The number of amides is 1. The molecule has 0 aliphatic carbocycles. The highest BCUT2D eigenvalue weighted by Gasteiger charge is 2.17. The smallest absolute Gasteiger partial charge is 0.412 e. The third-order valence-electron chi connectivity index (χ3n) is 3.12. The number of ether oxygens (including phenoxy) is 1. The van der Waals surface area contributed by atoms with Crippen LogP contribution in [0, 0.1) is 5.82 Å². The molecule has 7 heteroatoms. The van der Waals surface area contributed by atoms with Crippen LogP contribution in [-0.2, 0) is 11.3 Å². The number of halogens is 3. The van der Waals surface area contributed by atoms with E-state index >= 15 is 0 Å². The maximum absolute atomic E-state index is 13.6. The van der Waals surface area contributed by atoms with Gasteiger partial charge in [0.25, 0.3) is 0 Å². The predicted molar refractivity (Wildman–Crippen MR) is 100 cm³/mol. The second-order valence-electron chi connectivity index (χ2n) is 6.38. The number of anilines is 2. The lowest BCUT2D eigenvalue weighted by Crippen LogP contribution is -2.27. The molecule has 1 amide bonds. The Morgan fingerprint density at radius 2 is 1.88 bits per heavy atom. The molecular formula is C18H19Cl2FN2O2. The molecule has 0 radical (unpaired) electrons. The van der Waals surface area contributed by atoms with Crippen molar-refractivity contribution in [2.45, 2.75) is 32.9 Å². The Labute approximate surface area is 156 Å². The second-order valence-corrected chi connectivity index (χ2v) is 7.17. The van der Waals surface area contributed by atoms with Crippen LogP contribution in [-0.4, -0.2) is 11.7 Å². The number of carbonyl (C=O) groups is 1. The van der Waals surface area contributed by atoms with Crippen molar-refractivity contribution in [2.75, 3.05) is 10.6 Å². The van der Waals surface area contributed by atoms with Crippen LogP contribution in [0.1, 0.15) is 26.3 Å². The summed E-state index contributed by atoms with van der Waals surface area (Å²) in [5.74, 6) is -0.436. The lowest BCUT2D eigenvalue weighted by molar-refractivity contribution is 0.0636. The molecule has 0 bridgehead atoms. The number of benzene rings is 2. The molecule has 4 nitrogen and oxygen atoms in total. The first-order valence-electron chi connectivity index (χ1n) is 7.62. The minimum absolute atomic E-state index is 0.311. The molecule has 134 valence electrons. The molecule has 0 aliphatic rings. The Hall–Kier alpha value is -1.98. The lowest BCUT2D eigenvalue weighted by atomic mass is 10.2. The number of rotatable bonds is 4. The molecule has 2 N–H and O–H groups in total. The van der Waals surface area contributed by atoms with E-state index < -0.39 is 17.5 Å². The van der Waals surface area contributed by atoms with E-state index in [1.54, 1.807) is 32.9 Å². The summed E-state index contributed by atoms with van der Waals surface area (Å²) in [5.41, 5.74) is 0.920. The van der Waals surface area contributed by atoms with Crippen LogP contribution in [0.2, 0.25) is 10.0 Å². The number of nitrogens with one attached hydrogen (secondary N) is 2. The second kappa shape index (κ2) is 7.93. The Balaban J connectivity index is 2.15. The Kier molecular flexibility index (Phi) is 6.14. The summed E-state index contributed by atoms with van der Waals surface area (Å²) in [6.07, 6.45) is -0.622. The van der Waals surface area contributed by atoms with E-state index in [-0.39, 0.29) is 0 Å². The molecule has 0 fully saturated rings. The van der Waals surface area contributed by atoms with Gasteiger partial charge in [-0.2, -0.15) is 0 Å². The molecule has 0 spiro atoms. The van der Waals surface area contributed by atoms with Crippen LogP contribution in [0.3, 0.4) is 0 Å². The summed E-state index contributed by atoms with van der Waals surface area (Å²) in [4.78, 5) is 11.9. The number of hydrogen-bond donors (Lipinski definition) is 2.